The van der Waals surface area contributed by atoms with E-state index in [1.54, 1.807) is 36.4 Å². The lowest BCUT2D eigenvalue weighted by Crippen LogP contribution is -1.91. The van der Waals surface area contributed by atoms with Gasteiger partial charge in [0.2, 0.25) is 0 Å². The van der Waals surface area contributed by atoms with Gasteiger partial charge in [0.1, 0.15) is 11.2 Å². The summed E-state index contributed by atoms with van der Waals surface area (Å²) in [5.41, 5.74) is 3.38. The van der Waals surface area contributed by atoms with Gasteiger partial charge in [-0.05, 0) is 89.6 Å². The molecule has 1 nitrogen and oxygen atoms in total. The van der Waals surface area contributed by atoms with E-state index in [0.717, 1.165) is 21.9 Å². The van der Waals surface area contributed by atoms with E-state index >= 15 is 0 Å². The number of benzene rings is 9. The molecule has 1 heterocycles. The van der Waals surface area contributed by atoms with E-state index in [0.29, 0.717) is 27.5 Å². The molecular formula is C48H30O. The number of fused-ring (bicyclic) bond motifs is 7. The van der Waals surface area contributed by atoms with Gasteiger partial charge in [-0.2, -0.15) is 0 Å². The second-order valence-corrected chi connectivity index (χ2v) is 11.8. The molecule has 0 atom stereocenters. The lowest BCUT2D eigenvalue weighted by Gasteiger charge is -2.18. The second-order valence-electron chi connectivity index (χ2n) is 11.8. The topological polar surface area (TPSA) is 13.1 Å². The summed E-state index contributed by atoms with van der Waals surface area (Å²) in [6.45, 7) is 0. The van der Waals surface area contributed by atoms with Crippen molar-refractivity contribution >= 4 is 54.3 Å². The minimum absolute atomic E-state index is 0.0617. The zero-order valence-corrected chi connectivity index (χ0v) is 25.7. The SMILES string of the molecule is [2H]c1c([2H])c(-c2ccc(-c3c4ccccc4c(-c4c([2H])c([2H])c5c(oc6c7c([2H])c([2H])c([2H])c([2H])c7c([2H])c([2H])c65)c4[2H])c4ccccc34)cc2)c([2H])c([2H])c1-c1ccccc1. The van der Waals surface area contributed by atoms with Crippen LogP contribution in [0.15, 0.2) is 186 Å². The molecule has 0 fully saturated rings. The molecule has 228 valence electrons. The van der Waals surface area contributed by atoms with E-state index in [9.17, 15) is 4.11 Å². The van der Waals surface area contributed by atoms with Crippen LogP contribution in [0.2, 0.25) is 0 Å². The van der Waals surface area contributed by atoms with Crippen molar-refractivity contribution in [2.45, 2.75) is 0 Å². The van der Waals surface area contributed by atoms with Crippen molar-refractivity contribution in [2.75, 3.05) is 0 Å². The van der Waals surface area contributed by atoms with E-state index in [2.05, 4.69) is 0 Å². The Balaban J connectivity index is 1.21. The van der Waals surface area contributed by atoms with Crippen LogP contribution in [-0.2, 0) is 0 Å². The van der Waals surface area contributed by atoms with E-state index < -0.39 is 36.3 Å². The van der Waals surface area contributed by atoms with Gasteiger partial charge >= 0.3 is 0 Å². The van der Waals surface area contributed by atoms with Gasteiger partial charge in [0.25, 0.3) is 0 Å². The summed E-state index contributed by atoms with van der Waals surface area (Å²) in [5, 5.41) is 2.36. The molecule has 0 spiro atoms. The summed E-state index contributed by atoms with van der Waals surface area (Å²) in [6.07, 6.45) is 0. The third-order valence-electron chi connectivity index (χ3n) is 9.02. The highest BCUT2D eigenvalue weighted by Gasteiger charge is 2.18. The maximum Gasteiger partial charge on any atom is 0.143 e. The Labute approximate surface area is 302 Å². The zero-order chi connectivity index (χ0) is 43.6. The zero-order valence-electron chi connectivity index (χ0n) is 38.7. The summed E-state index contributed by atoms with van der Waals surface area (Å²) < 4.78 is 122. The number of hydrogen-bond acceptors (Lipinski definition) is 1. The predicted octanol–water partition coefficient (Wildman–Crippen LogP) is 13.7. The quantitative estimate of drug-likeness (QED) is 0.175. The largest absolute Gasteiger partial charge is 0.455 e. The molecule has 1 aromatic heterocycles. The normalized spacial score (nSPS) is 15.4. The molecule has 10 rings (SSSR count). The summed E-state index contributed by atoms with van der Waals surface area (Å²) in [5.74, 6) is 0. The first-order chi connectivity index (χ1) is 29.7. The van der Waals surface area contributed by atoms with E-state index in [4.69, 9.17) is 18.1 Å². The molecule has 10 aromatic rings. The summed E-state index contributed by atoms with van der Waals surface area (Å²) in [7, 11) is 0. The standard InChI is InChI=1S/C48H30O/c1-2-10-31(11-3-1)32-18-20-33(21-19-32)34-22-24-36(25-23-34)46-40-14-6-8-16-42(40)47(43-17-9-7-15-41(43)46)37-27-28-39-44-29-26-35-12-4-5-13-38(35)48(44)49-45(39)30-37/h1-30H/i4D,5D,12D,13D,18D,19D,20D,21D,26D,27D,28D,29D,30D. The van der Waals surface area contributed by atoms with Gasteiger partial charge in [-0.1, -0.05) is 164 Å². The molecule has 0 saturated heterocycles. The minimum Gasteiger partial charge on any atom is -0.455 e. The van der Waals surface area contributed by atoms with Gasteiger partial charge in [0, 0.05) is 16.2 Å². The molecule has 0 bridgehead atoms. The molecule has 1 heteroatoms. The first kappa shape index (κ1) is 17.6. The van der Waals surface area contributed by atoms with Crippen LogP contribution in [0, 0.1) is 0 Å². The maximum atomic E-state index is 9.64. The van der Waals surface area contributed by atoms with Gasteiger partial charge in [0.15, 0.2) is 0 Å². The molecule has 0 amide bonds. The molecule has 0 radical (unpaired) electrons. The van der Waals surface area contributed by atoms with Crippen LogP contribution in [0.3, 0.4) is 0 Å². The van der Waals surface area contributed by atoms with Crippen LogP contribution in [-0.4, -0.2) is 0 Å². The molecule has 0 saturated carbocycles. The predicted molar refractivity (Wildman–Crippen MR) is 208 cm³/mol. The highest BCUT2D eigenvalue weighted by atomic mass is 16.3. The first-order valence-electron chi connectivity index (χ1n) is 22.3. The van der Waals surface area contributed by atoms with Crippen LogP contribution >= 0.6 is 0 Å². The molecule has 49 heavy (non-hydrogen) atoms. The van der Waals surface area contributed by atoms with Crippen LogP contribution in [0.4, 0.5) is 0 Å². The monoisotopic (exact) mass is 635 g/mol. The molecule has 0 aliphatic carbocycles. The Bertz CT molecular complexity index is 3510. The number of rotatable bonds is 4. The van der Waals surface area contributed by atoms with Crippen LogP contribution in [0.1, 0.15) is 17.8 Å². The van der Waals surface area contributed by atoms with E-state index in [1.165, 1.54) is 0 Å². The van der Waals surface area contributed by atoms with Crippen molar-refractivity contribution < 1.29 is 22.2 Å². The molecule has 0 unspecified atom stereocenters. The highest BCUT2D eigenvalue weighted by Crippen LogP contribution is 2.45. The highest BCUT2D eigenvalue weighted by molar-refractivity contribution is 6.22. The Morgan fingerprint density at radius 3 is 1.51 bits per heavy atom. The fourth-order valence-electron chi connectivity index (χ4n) is 6.75. The van der Waals surface area contributed by atoms with E-state index in [1.807, 2.05) is 66.7 Å². The van der Waals surface area contributed by atoms with Crippen molar-refractivity contribution in [3.8, 4) is 44.5 Å². The fourth-order valence-corrected chi connectivity index (χ4v) is 6.75. The van der Waals surface area contributed by atoms with E-state index in [-0.39, 0.29) is 91.7 Å². The summed E-state index contributed by atoms with van der Waals surface area (Å²) in [6, 6.07) is 26.7. The van der Waals surface area contributed by atoms with Gasteiger partial charge in [-0.25, -0.2) is 0 Å². The van der Waals surface area contributed by atoms with Crippen LogP contribution in [0.25, 0.3) is 98.8 Å². The van der Waals surface area contributed by atoms with Crippen molar-refractivity contribution in [1.29, 1.82) is 0 Å². The molecule has 0 N–H and O–H groups in total. The van der Waals surface area contributed by atoms with Crippen molar-refractivity contribution in [1.82, 2.24) is 0 Å². The molecule has 0 aliphatic heterocycles. The lowest BCUT2D eigenvalue weighted by atomic mass is 9.85. The average molecular weight is 636 g/mol. The Morgan fingerprint density at radius 2 is 0.857 bits per heavy atom. The minimum atomic E-state index is -0.564. The Hall–Kier alpha value is -6.44. The smallest absolute Gasteiger partial charge is 0.143 e. The molecule has 0 aliphatic rings. The maximum absolute atomic E-state index is 9.64. The third-order valence-corrected chi connectivity index (χ3v) is 9.02. The van der Waals surface area contributed by atoms with Crippen molar-refractivity contribution in [3.63, 3.8) is 0 Å². The Morgan fingerprint density at radius 1 is 0.347 bits per heavy atom. The average Bonchev–Trinajstić information content (AvgIpc) is 3.69. The van der Waals surface area contributed by atoms with Crippen molar-refractivity contribution in [3.05, 3.63) is 182 Å². The third kappa shape index (κ3) is 4.47. The van der Waals surface area contributed by atoms with Gasteiger partial charge < -0.3 is 4.42 Å². The van der Waals surface area contributed by atoms with Gasteiger partial charge in [-0.3, -0.25) is 0 Å². The fraction of sp³-hybridized carbons (Fsp3) is 0. The molecular weight excluding hydrogens is 593 g/mol. The first-order valence-corrected chi connectivity index (χ1v) is 15.8. The number of furan rings is 1. The van der Waals surface area contributed by atoms with Crippen LogP contribution < -0.4 is 0 Å². The lowest BCUT2D eigenvalue weighted by molar-refractivity contribution is 0.673. The van der Waals surface area contributed by atoms with Gasteiger partial charge in [0.05, 0.1) is 17.8 Å². The Kier molecular flexibility index (Phi) is 3.99. The molecule has 9 aromatic carbocycles. The summed E-state index contributed by atoms with van der Waals surface area (Å²) in [4.78, 5) is 0. The second kappa shape index (κ2) is 11.1. The summed E-state index contributed by atoms with van der Waals surface area (Å²) >= 11 is 0. The van der Waals surface area contributed by atoms with Crippen LogP contribution in [0.5, 0.6) is 0 Å². The van der Waals surface area contributed by atoms with Crippen molar-refractivity contribution in [2.24, 2.45) is 0 Å². The number of hydrogen-bond donors (Lipinski definition) is 0. The van der Waals surface area contributed by atoms with Gasteiger partial charge in [-0.15, -0.1) is 0 Å².